The Kier molecular flexibility index (Phi) is 4.61. The van der Waals surface area contributed by atoms with Gasteiger partial charge in [-0.15, -0.1) is 0 Å². The summed E-state index contributed by atoms with van der Waals surface area (Å²) in [6.45, 7) is 6.70. The summed E-state index contributed by atoms with van der Waals surface area (Å²) < 4.78 is 0. The Morgan fingerprint density at radius 2 is 1.88 bits per heavy atom. The van der Waals surface area contributed by atoms with Crippen molar-refractivity contribution in [1.82, 2.24) is 5.32 Å². The lowest BCUT2D eigenvalue weighted by Gasteiger charge is -2.20. The molecule has 1 saturated carbocycles. The number of aryl methyl sites for hydroxylation is 1. The van der Waals surface area contributed by atoms with Gasteiger partial charge in [0.1, 0.15) is 0 Å². The minimum atomic E-state index is 0.792. The van der Waals surface area contributed by atoms with Crippen LogP contribution in [-0.2, 0) is 6.42 Å². The van der Waals surface area contributed by atoms with E-state index in [4.69, 9.17) is 0 Å². The number of rotatable bonds is 5. The molecular formula is C16H25N. The van der Waals surface area contributed by atoms with Gasteiger partial charge >= 0.3 is 0 Å². The summed E-state index contributed by atoms with van der Waals surface area (Å²) in [5.41, 5.74) is 3.01. The molecule has 1 aliphatic rings. The minimum absolute atomic E-state index is 0.792. The number of nitrogens with one attached hydrogen (secondary N) is 1. The summed E-state index contributed by atoms with van der Waals surface area (Å²) in [6, 6.07) is 9.32. The molecule has 1 heteroatoms. The summed E-state index contributed by atoms with van der Waals surface area (Å²) >= 11 is 0. The lowest BCUT2D eigenvalue weighted by atomic mass is 9.88. The van der Waals surface area contributed by atoms with Gasteiger partial charge in [-0.3, -0.25) is 0 Å². The van der Waals surface area contributed by atoms with Crippen LogP contribution in [0.15, 0.2) is 24.3 Å². The maximum absolute atomic E-state index is 3.51. The fraction of sp³-hybridized carbons (Fsp3) is 0.625. The smallest absolute Gasteiger partial charge is 0.00148 e. The Morgan fingerprint density at radius 1 is 1.12 bits per heavy atom. The minimum Gasteiger partial charge on any atom is -0.317 e. The zero-order valence-electron chi connectivity index (χ0n) is 11.2. The Morgan fingerprint density at radius 3 is 2.53 bits per heavy atom. The Hall–Kier alpha value is -0.820. The van der Waals surface area contributed by atoms with Gasteiger partial charge in [0.25, 0.3) is 0 Å². The van der Waals surface area contributed by atoms with Gasteiger partial charge in [-0.05, 0) is 55.3 Å². The van der Waals surface area contributed by atoms with Gasteiger partial charge in [0.15, 0.2) is 0 Å². The molecule has 2 atom stereocenters. The summed E-state index contributed by atoms with van der Waals surface area (Å²) in [5, 5.41) is 3.51. The maximum Gasteiger partial charge on any atom is -0.00148 e. The normalized spacial score (nSPS) is 24.1. The molecule has 0 amide bonds. The van der Waals surface area contributed by atoms with Gasteiger partial charge < -0.3 is 5.32 Å². The molecule has 2 unspecified atom stereocenters. The second-order valence-corrected chi connectivity index (χ2v) is 5.20. The molecule has 17 heavy (non-hydrogen) atoms. The highest BCUT2D eigenvalue weighted by Gasteiger charge is 2.27. The van der Waals surface area contributed by atoms with Crippen LogP contribution in [0.4, 0.5) is 0 Å². The van der Waals surface area contributed by atoms with Crippen LogP contribution in [0.2, 0.25) is 0 Å². The van der Waals surface area contributed by atoms with E-state index < -0.39 is 0 Å². The van der Waals surface area contributed by atoms with E-state index in [0.717, 1.165) is 24.8 Å². The topological polar surface area (TPSA) is 12.0 Å². The molecule has 2 rings (SSSR count). The molecule has 0 spiro atoms. The molecular weight excluding hydrogens is 206 g/mol. The van der Waals surface area contributed by atoms with Crippen molar-refractivity contribution in [3.8, 4) is 0 Å². The summed E-state index contributed by atoms with van der Waals surface area (Å²) in [4.78, 5) is 0. The number of hydrogen-bond donors (Lipinski definition) is 1. The van der Waals surface area contributed by atoms with Gasteiger partial charge in [0, 0.05) is 0 Å². The van der Waals surface area contributed by atoms with Crippen LogP contribution in [0.3, 0.4) is 0 Å². The average Bonchev–Trinajstić information content (AvgIpc) is 2.84. The Balaban J connectivity index is 2.03. The second-order valence-electron chi connectivity index (χ2n) is 5.20. The van der Waals surface area contributed by atoms with Crippen LogP contribution in [0.5, 0.6) is 0 Å². The molecule has 0 saturated heterocycles. The van der Waals surface area contributed by atoms with Crippen molar-refractivity contribution in [2.24, 2.45) is 5.92 Å². The van der Waals surface area contributed by atoms with Gasteiger partial charge in [0.2, 0.25) is 0 Å². The van der Waals surface area contributed by atoms with Crippen molar-refractivity contribution in [3.63, 3.8) is 0 Å². The largest absolute Gasteiger partial charge is 0.317 e. The van der Waals surface area contributed by atoms with Gasteiger partial charge in [0.05, 0.1) is 0 Å². The highest BCUT2D eigenvalue weighted by atomic mass is 14.8. The number of hydrogen-bond acceptors (Lipinski definition) is 1. The summed E-state index contributed by atoms with van der Waals surface area (Å²) in [5.74, 6) is 1.64. The highest BCUT2D eigenvalue weighted by molar-refractivity contribution is 5.26. The van der Waals surface area contributed by atoms with E-state index in [1.54, 1.807) is 5.56 Å². The van der Waals surface area contributed by atoms with Crippen molar-refractivity contribution >= 4 is 0 Å². The molecule has 0 bridgehead atoms. The van der Waals surface area contributed by atoms with Gasteiger partial charge in [-0.1, -0.05) is 44.5 Å². The van der Waals surface area contributed by atoms with Crippen LogP contribution in [-0.4, -0.2) is 13.1 Å². The van der Waals surface area contributed by atoms with E-state index in [2.05, 4.69) is 43.4 Å². The zero-order valence-corrected chi connectivity index (χ0v) is 11.2. The van der Waals surface area contributed by atoms with Crippen LogP contribution in [0.1, 0.15) is 50.2 Å². The molecule has 1 fully saturated rings. The fourth-order valence-electron chi connectivity index (χ4n) is 3.05. The Bertz CT molecular complexity index is 328. The molecule has 1 aliphatic carbocycles. The fourth-order valence-corrected chi connectivity index (χ4v) is 3.05. The molecule has 1 aromatic rings. The summed E-state index contributed by atoms with van der Waals surface area (Å²) in [7, 11) is 0. The van der Waals surface area contributed by atoms with Crippen LogP contribution in [0.25, 0.3) is 0 Å². The van der Waals surface area contributed by atoms with Crippen molar-refractivity contribution < 1.29 is 0 Å². The average molecular weight is 231 g/mol. The first-order valence-corrected chi connectivity index (χ1v) is 7.14. The Labute approximate surface area is 106 Å². The predicted octanol–water partition coefficient (Wildman–Crippen LogP) is 3.74. The third-order valence-corrected chi connectivity index (χ3v) is 4.13. The standard InChI is InChI=1S/C16H25N/c1-3-13-8-10-14(11-9-13)16-7-5-6-15(16)12-17-4-2/h8-11,15-17H,3-7,12H2,1-2H3. The van der Waals surface area contributed by atoms with Crippen molar-refractivity contribution in [2.45, 2.75) is 45.4 Å². The predicted molar refractivity (Wildman–Crippen MR) is 74.4 cm³/mol. The molecule has 0 aliphatic heterocycles. The second kappa shape index (κ2) is 6.20. The van der Waals surface area contributed by atoms with Crippen molar-refractivity contribution in [2.75, 3.05) is 13.1 Å². The lowest BCUT2D eigenvalue weighted by Crippen LogP contribution is -2.24. The monoisotopic (exact) mass is 231 g/mol. The first kappa shape index (κ1) is 12.6. The molecule has 1 N–H and O–H groups in total. The first-order chi connectivity index (χ1) is 8.35. The molecule has 0 aromatic heterocycles. The van der Waals surface area contributed by atoms with E-state index in [9.17, 15) is 0 Å². The number of benzene rings is 1. The third kappa shape index (κ3) is 3.10. The molecule has 0 radical (unpaired) electrons. The first-order valence-electron chi connectivity index (χ1n) is 7.14. The van der Waals surface area contributed by atoms with Gasteiger partial charge in [-0.25, -0.2) is 0 Å². The SMILES string of the molecule is CCNCC1CCCC1c1ccc(CC)cc1. The lowest BCUT2D eigenvalue weighted by molar-refractivity contribution is 0.450. The maximum atomic E-state index is 3.51. The van der Waals surface area contributed by atoms with Crippen molar-refractivity contribution in [1.29, 1.82) is 0 Å². The summed E-state index contributed by atoms with van der Waals surface area (Å²) in [6.07, 6.45) is 5.32. The van der Waals surface area contributed by atoms with Gasteiger partial charge in [-0.2, -0.15) is 0 Å². The molecule has 94 valence electrons. The zero-order chi connectivity index (χ0) is 12.1. The van der Waals surface area contributed by atoms with E-state index in [-0.39, 0.29) is 0 Å². The van der Waals surface area contributed by atoms with Crippen LogP contribution < -0.4 is 5.32 Å². The molecule has 0 heterocycles. The van der Waals surface area contributed by atoms with E-state index >= 15 is 0 Å². The highest BCUT2D eigenvalue weighted by Crippen LogP contribution is 2.39. The van der Waals surface area contributed by atoms with Crippen molar-refractivity contribution in [3.05, 3.63) is 35.4 Å². The van der Waals surface area contributed by atoms with Crippen LogP contribution >= 0.6 is 0 Å². The van der Waals surface area contributed by atoms with E-state index in [0.29, 0.717) is 0 Å². The third-order valence-electron chi connectivity index (χ3n) is 4.13. The molecule has 1 nitrogen and oxygen atoms in total. The molecule has 1 aromatic carbocycles. The van der Waals surface area contributed by atoms with E-state index in [1.807, 2.05) is 0 Å². The van der Waals surface area contributed by atoms with Crippen LogP contribution in [0, 0.1) is 5.92 Å². The quantitative estimate of drug-likeness (QED) is 0.814. The van der Waals surface area contributed by atoms with E-state index in [1.165, 1.54) is 31.4 Å².